The summed E-state index contributed by atoms with van der Waals surface area (Å²) in [6.45, 7) is 4.97. The summed E-state index contributed by atoms with van der Waals surface area (Å²) in [5.74, 6) is 6.22. The predicted octanol–water partition coefficient (Wildman–Crippen LogP) is 2.25. The highest BCUT2D eigenvalue weighted by atomic mass is 35.5. The lowest BCUT2D eigenvalue weighted by atomic mass is 10.2. The van der Waals surface area contributed by atoms with Crippen LogP contribution in [0.1, 0.15) is 5.56 Å². The highest BCUT2D eigenvalue weighted by Gasteiger charge is 2.06. The lowest BCUT2D eigenvalue weighted by Gasteiger charge is -2.24. The van der Waals surface area contributed by atoms with Gasteiger partial charge in [-0.1, -0.05) is 35.0 Å². The van der Waals surface area contributed by atoms with Gasteiger partial charge in [0, 0.05) is 36.8 Å². The molecule has 0 radical (unpaired) electrons. The minimum absolute atomic E-state index is 0.655. The number of nitrogens with zero attached hydrogens (tertiary/aromatic N) is 1. The number of halogens is 2. The van der Waals surface area contributed by atoms with E-state index in [1.807, 2.05) is 0 Å². The first-order chi connectivity index (χ1) is 8.25. The van der Waals surface area contributed by atoms with Crippen molar-refractivity contribution in [1.29, 1.82) is 0 Å². The minimum atomic E-state index is 0.655. The Morgan fingerprint density at radius 1 is 1.24 bits per heavy atom. The lowest BCUT2D eigenvalue weighted by molar-refractivity contribution is 0.268. The molecule has 0 bridgehead atoms. The van der Waals surface area contributed by atoms with Crippen LogP contribution in [0.2, 0.25) is 10.0 Å². The molecule has 1 aromatic rings. The molecule has 1 heterocycles. The Hall–Kier alpha value is -0.720. The van der Waals surface area contributed by atoms with E-state index in [0.29, 0.717) is 10.0 Å². The van der Waals surface area contributed by atoms with E-state index in [4.69, 9.17) is 23.2 Å². The minimum Gasteiger partial charge on any atom is -0.314 e. The SMILES string of the molecule is Clc1ccc(Cl)c(C#CCN2CCNCC2)c1. The molecule has 0 aliphatic carbocycles. The Bertz CT molecular complexity index is 442. The summed E-state index contributed by atoms with van der Waals surface area (Å²) in [5, 5.41) is 4.63. The third-order valence-electron chi connectivity index (χ3n) is 2.66. The molecular weight excluding hydrogens is 255 g/mol. The molecule has 2 nitrogen and oxygen atoms in total. The van der Waals surface area contributed by atoms with E-state index < -0.39 is 0 Å². The first kappa shape index (κ1) is 12.7. The third-order valence-corrected chi connectivity index (χ3v) is 3.23. The second-order valence-corrected chi connectivity index (χ2v) is 4.80. The van der Waals surface area contributed by atoms with Crippen LogP contribution in [-0.2, 0) is 0 Å². The zero-order valence-electron chi connectivity index (χ0n) is 9.47. The number of piperazine rings is 1. The van der Waals surface area contributed by atoms with Gasteiger partial charge in [0.05, 0.1) is 11.6 Å². The maximum atomic E-state index is 6.03. The summed E-state index contributed by atoms with van der Waals surface area (Å²) in [4.78, 5) is 2.32. The largest absolute Gasteiger partial charge is 0.314 e. The van der Waals surface area contributed by atoms with Gasteiger partial charge in [0.2, 0.25) is 0 Å². The second kappa shape index (κ2) is 6.28. The van der Waals surface area contributed by atoms with Crippen LogP contribution < -0.4 is 5.32 Å². The Kier molecular flexibility index (Phi) is 4.70. The Balaban J connectivity index is 1.98. The topological polar surface area (TPSA) is 15.3 Å². The normalized spacial score (nSPS) is 16.4. The Labute approximate surface area is 112 Å². The molecule has 0 amide bonds. The van der Waals surface area contributed by atoms with Crippen LogP contribution in [0.3, 0.4) is 0 Å². The fourth-order valence-corrected chi connectivity index (χ4v) is 2.05. The smallest absolute Gasteiger partial charge is 0.0606 e. The van der Waals surface area contributed by atoms with Gasteiger partial charge >= 0.3 is 0 Å². The fraction of sp³-hybridized carbons (Fsp3) is 0.385. The molecule has 0 spiro atoms. The van der Waals surface area contributed by atoms with E-state index in [0.717, 1.165) is 38.3 Å². The number of hydrogen-bond acceptors (Lipinski definition) is 2. The van der Waals surface area contributed by atoms with Gasteiger partial charge in [-0.15, -0.1) is 0 Å². The molecule has 4 heteroatoms. The molecule has 1 fully saturated rings. The molecule has 0 aromatic heterocycles. The molecule has 1 aromatic carbocycles. The van der Waals surface area contributed by atoms with Crippen LogP contribution in [-0.4, -0.2) is 37.6 Å². The maximum absolute atomic E-state index is 6.03. The summed E-state index contributed by atoms with van der Waals surface area (Å²) in [6, 6.07) is 5.35. The molecule has 1 aliphatic rings. The molecule has 90 valence electrons. The lowest BCUT2D eigenvalue weighted by Crippen LogP contribution is -2.43. The average molecular weight is 269 g/mol. The first-order valence-corrected chi connectivity index (χ1v) is 6.38. The van der Waals surface area contributed by atoms with Gasteiger partial charge in [0.25, 0.3) is 0 Å². The van der Waals surface area contributed by atoms with E-state index in [-0.39, 0.29) is 0 Å². The molecule has 0 saturated carbocycles. The Morgan fingerprint density at radius 3 is 2.76 bits per heavy atom. The van der Waals surface area contributed by atoms with Crippen molar-refractivity contribution >= 4 is 23.2 Å². The van der Waals surface area contributed by atoms with Gasteiger partial charge in [-0.2, -0.15) is 0 Å². The van der Waals surface area contributed by atoms with Gasteiger partial charge < -0.3 is 5.32 Å². The van der Waals surface area contributed by atoms with E-state index in [1.165, 1.54) is 0 Å². The Morgan fingerprint density at radius 2 is 2.00 bits per heavy atom. The molecule has 0 unspecified atom stereocenters. The number of nitrogens with one attached hydrogen (secondary N) is 1. The first-order valence-electron chi connectivity index (χ1n) is 5.63. The van der Waals surface area contributed by atoms with Gasteiger partial charge in [-0.3, -0.25) is 4.90 Å². The van der Waals surface area contributed by atoms with E-state index in [9.17, 15) is 0 Å². The number of rotatable bonds is 1. The van der Waals surface area contributed by atoms with Crippen molar-refractivity contribution in [3.8, 4) is 11.8 Å². The predicted molar refractivity (Wildman–Crippen MR) is 72.6 cm³/mol. The third kappa shape index (κ3) is 3.90. The molecule has 1 aliphatic heterocycles. The van der Waals surface area contributed by atoms with Crippen molar-refractivity contribution in [3.05, 3.63) is 33.8 Å². The summed E-state index contributed by atoms with van der Waals surface area (Å²) in [6.07, 6.45) is 0. The van der Waals surface area contributed by atoms with Gasteiger partial charge in [-0.25, -0.2) is 0 Å². The summed E-state index contributed by atoms with van der Waals surface area (Å²) < 4.78 is 0. The molecular formula is C13H14Cl2N2. The van der Waals surface area contributed by atoms with E-state index >= 15 is 0 Å². The van der Waals surface area contributed by atoms with Crippen LogP contribution in [0.25, 0.3) is 0 Å². The van der Waals surface area contributed by atoms with Crippen molar-refractivity contribution in [2.45, 2.75) is 0 Å². The van der Waals surface area contributed by atoms with E-state index in [2.05, 4.69) is 22.1 Å². The van der Waals surface area contributed by atoms with Gasteiger partial charge in [-0.05, 0) is 18.2 Å². The van der Waals surface area contributed by atoms with Crippen LogP contribution >= 0.6 is 23.2 Å². The summed E-state index contributed by atoms with van der Waals surface area (Å²) in [7, 11) is 0. The standard InChI is InChI=1S/C13H14Cl2N2/c14-12-3-4-13(15)11(10-12)2-1-7-17-8-5-16-6-9-17/h3-4,10,16H,5-9H2. The van der Waals surface area contributed by atoms with Gasteiger partial charge in [0.15, 0.2) is 0 Å². The van der Waals surface area contributed by atoms with Crippen molar-refractivity contribution in [3.63, 3.8) is 0 Å². The van der Waals surface area contributed by atoms with Crippen molar-refractivity contribution < 1.29 is 0 Å². The number of hydrogen-bond donors (Lipinski definition) is 1. The monoisotopic (exact) mass is 268 g/mol. The van der Waals surface area contributed by atoms with Crippen molar-refractivity contribution in [1.82, 2.24) is 10.2 Å². The molecule has 17 heavy (non-hydrogen) atoms. The fourth-order valence-electron chi connectivity index (χ4n) is 1.71. The zero-order valence-corrected chi connectivity index (χ0v) is 11.0. The maximum Gasteiger partial charge on any atom is 0.0606 e. The summed E-state index contributed by atoms with van der Waals surface area (Å²) in [5.41, 5.74) is 0.800. The molecule has 1 N–H and O–H groups in total. The van der Waals surface area contributed by atoms with Crippen LogP contribution in [0.5, 0.6) is 0 Å². The summed E-state index contributed by atoms with van der Waals surface area (Å²) >= 11 is 11.9. The van der Waals surface area contributed by atoms with Crippen LogP contribution in [0.15, 0.2) is 18.2 Å². The molecule has 1 saturated heterocycles. The zero-order chi connectivity index (χ0) is 12.1. The van der Waals surface area contributed by atoms with Crippen molar-refractivity contribution in [2.24, 2.45) is 0 Å². The highest BCUT2D eigenvalue weighted by molar-refractivity contribution is 6.33. The van der Waals surface area contributed by atoms with Gasteiger partial charge in [0.1, 0.15) is 0 Å². The van der Waals surface area contributed by atoms with E-state index in [1.54, 1.807) is 18.2 Å². The van der Waals surface area contributed by atoms with Crippen molar-refractivity contribution in [2.75, 3.05) is 32.7 Å². The van der Waals surface area contributed by atoms with Crippen LogP contribution in [0.4, 0.5) is 0 Å². The highest BCUT2D eigenvalue weighted by Crippen LogP contribution is 2.19. The average Bonchev–Trinajstić information content (AvgIpc) is 2.35. The molecule has 0 atom stereocenters. The number of benzene rings is 1. The van der Waals surface area contributed by atoms with Crippen LogP contribution in [0, 0.1) is 11.8 Å². The quantitative estimate of drug-likeness (QED) is 0.787. The molecule has 2 rings (SSSR count). The second-order valence-electron chi connectivity index (χ2n) is 3.95.